The van der Waals surface area contributed by atoms with Crippen molar-refractivity contribution in [1.29, 1.82) is 0 Å². The first-order chi connectivity index (χ1) is 10.8. The van der Waals surface area contributed by atoms with Gasteiger partial charge in [-0.25, -0.2) is 13.1 Å². The highest BCUT2D eigenvalue weighted by Crippen LogP contribution is 2.32. The molecule has 124 valence electrons. The van der Waals surface area contributed by atoms with Crippen molar-refractivity contribution >= 4 is 25.7 Å². The molecule has 1 atom stereocenters. The van der Waals surface area contributed by atoms with E-state index in [1.165, 1.54) is 6.07 Å². The van der Waals surface area contributed by atoms with Crippen molar-refractivity contribution in [2.24, 2.45) is 4.36 Å². The molecule has 0 radical (unpaired) electrons. The summed E-state index contributed by atoms with van der Waals surface area (Å²) in [6, 6.07) is 8.30. The third-order valence-corrected chi connectivity index (χ3v) is 5.53. The number of halogens is 3. The maximum atomic E-state index is 13.6. The molecule has 0 fully saturated rings. The van der Waals surface area contributed by atoms with E-state index < -0.39 is 21.4 Å². The van der Waals surface area contributed by atoms with E-state index in [-0.39, 0.29) is 5.75 Å². The topological polar surface area (TPSA) is 38.7 Å². The van der Waals surface area contributed by atoms with Crippen LogP contribution >= 0.6 is 15.9 Å². The summed E-state index contributed by atoms with van der Waals surface area (Å²) in [6.07, 6.45) is 1.62. The Morgan fingerprint density at radius 2 is 1.87 bits per heavy atom. The molecule has 0 heterocycles. The zero-order valence-corrected chi connectivity index (χ0v) is 15.1. The van der Waals surface area contributed by atoms with Crippen LogP contribution in [0.1, 0.15) is 12.5 Å². The average molecular weight is 404 g/mol. The lowest BCUT2D eigenvalue weighted by atomic mass is 10.2. The molecule has 7 heteroatoms. The Kier molecular flexibility index (Phi) is 5.75. The fraction of sp³-hybridized carbons (Fsp3) is 0.250. The second kappa shape index (κ2) is 7.40. The van der Waals surface area contributed by atoms with Crippen LogP contribution in [0.15, 0.2) is 45.2 Å². The van der Waals surface area contributed by atoms with Gasteiger partial charge >= 0.3 is 0 Å². The minimum atomic E-state index is -2.16. The van der Waals surface area contributed by atoms with Crippen molar-refractivity contribution in [3.63, 3.8) is 0 Å². The molecule has 0 saturated carbocycles. The molecule has 2 rings (SSSR count). The van der Waals surface area contributed by atoms with Crippen LogP contribution in [0.2, 0.25) is 0 Å². The molecule has 1 unspecified atom stereocenters. The quantitative estimate of drug-likeness (QED) is 0.693. The van der Waals surface area contributed by atoms with Gasteiger partial charge in [0.15, 0.2) is 11.6 Å². The SMILES string of the molecule is CCS(C)(=O)=NCc1ccc(Oc2ccc(F)cc2F)c(Br)c1. The van der Waals surface area contributed by atoms with Crippen LogP contribution < -0.4 is 4.74 Å². The van der Waals surface area contributed by atoms with Gasteiger partial charge in [-0.05, 0) is 45.8 Å². The number of ether oxygens (including phenoxy) is 1. The highest BCUT2D eigenvalue weighted by Gasteiger charge is 2.09. The van der Waals surface area contributed by atoms with Crippen molar-refractivity contribution < 1.29 is 17.7 Å². The average Bonchev–Trinajstić information content (AvgIpc) is 2.50. The molecular weight excluding hydrogens is 388 g/mol. The minimum absolute atomic E-state index is 0.0629. The van der Waals surface area contributed by atoms with E-state index in [2.05, 4.69) is 20.3 Å². The molecule has 3 nitrogen and oxygen atoms in total. The van der Waals surface area contributed by atoms with Gasteiger partial charge < -0.3 is 4.74 Å². The fourth-order valence-corrected chi connectivity index (χ4v) is 2.82. The van der Waals surface area contributed by atoms with Crippen LogP contribution in [0.4, 0.5) is 8.78 Å². The number of benzene rings is 2. The van der Waals surface area contributed by atoms with Gasteiger partial charge in [0.05, 0.1) is 11.0 Å². The first-order valence-corrected chi connectivity index (χ1v) is 9.76. The van der Waals surface area contributed by atoms with Gasteiger partial charge in [0, 0.05) is 27.8 Å². The molecule has 2 aromatic carbocycles. The summed E-state index contributed by atoms with van der Waals surface area (Å²) >= 11 is 3.35. The van der Waals surface area contributed by atoms with Crippen molar-refractivity contribution in [3.05, 3.63) is 58.1 Å². The van der Waals surface area contributed by atoms with Crippen LogP contribution in [-0.4, -0.2) is 16.2 Å². The maximum absolute atomic E-state index is 13.6. The molecule has 0 amide bonds. The third kappa shape index (κ3) is 5.00. The number of hydrogen-bond acceptors (Lipinski definition) is 3. The number of nitrogens with zero attached hydrogens (tertiary/aromatic N) is 1. The van der Waals surface area contributed by atoms with E-state index >= 15 is 0 Å². The van der Waals surface area contributed by atoms with Crippen LogP contribution in [-0.2, 0) is 16.3 Å². The molecule has 0 N–H and O–H groups in total. The molecule has 0 aliphatic carbocycles. The summed E-state index contributed by atoms with van der Waals surface area (Å²) in [5.41, 5.74) is 0.854. The molecule has 2 aromatic rings. The summed E-state index contributed by atoms with van der Waals surface area (Å²) in [4.78, 5) is 0. The zero-order chi connectivity index (χ0) is 17.0. The Labute approximate surface area is 143 Å². The summed E-state index contributed by atoms with van der Waals surface area (Å²) in [7, 11) is -2.16. The highest BCUT2D eigenvalue weighted by atomic mass is 79.9. The Balaban J connectivity index is 2.20. The van der Waals surface area contributed by atoms with Gasteiger partial charge in [-0.15, -0.1) is 0 Å². The summed E-state index contributed by atoms with van der Waals surface area (Å²) < 4.78 is 48.6. The lowest BCUT2D eigenvalue weighted by Gasteiger charge is -2.10. The van der Waals surface area contributed by atoms with Crippen molar-refractivity contribution in [2.45, 2.75) is 13.5 Å². The Morgan fingerprint density at radius 1 is 1.17 bits per heavy atom. The summed E-state index contributed by atoms with van der Waals surface area (Å²) in [5.74, 6) is -0.604. The Hall–Kier alpha value is -1.47. The van der Waals surface area contributed by atoms with Gasteiger partial charge in [0.2, 0.25) is 0 Å². The second-order valence-corrected chi connectivity index (χ2v) is 8.59. The zero-order valence-electron chi connectivity index (χ0n) is 12.7. The van der Waals surface area contributed by atoms with Gasteiger partial charge in [-0.1, -0.05) is 13.0 Å². The normalized spacial score (nSPS) is 13.4. The van der Waals surface area contributed by atoms with Gasteiger partial charge in [-0.2, -0.15) is 0 Å². The third-order valence-electron chi connectivity index (χ3n) is 3.17. The molecule has 0 aromatic heterocycles. The minimum Gasteiger partial charge on any atom is -0.453 e. The monoisotopic (exact) mass is 403 g/mol. The Bertz CT molecular complexity index is 833. The van der Waals surface area contributed by atoms with E-state index in [9.17, 15) is 13.0 Å². The van der Waals surface area contributed by atoms with Crippen molar-refractivity contribution in [2.75, 3.05) is 12.0 Å². The molecule has 23 heavy (non-hydrogen) atoms. The van der Waals surface area contributed by atoms with E-state index in [0.29, 0.717) is 22.5 Å². The molecule has 0 bridgehead atoms. The Morgan fingerprint density at radius 3 is 2.48 bits per heavy atom. The van der Waals surface area contributed by atoms with E-state index in [1.807, 2.05) is 6.92 Å². The van der Waals surface area contributed by atoms with Gasteiger partial charge in [-0.3, -0.25) is 4.21 Å². The van der Waals surface area contributed by atoms with E-state index in [4.69, 9.17) is 4.74 Å². The number of rotatable bonds is 5. The number of hydrogen-bond donors (Lipinski definition) is 0. The van der Waals surface area contributed by atoms with Crippen molar-refractivity contribution in [1.82, 2.24) is 0 Å². The molecular formula is C16H16BrF2NO2S. The molecule has 0 aliphatic rings. The standard InChI is InChI=1S/C16H16BrF2NO2S/c1-3-23(2,21)20-10-11-4-6-15(13(17)8-11)22-16-7-5-12(18)9-14(16)19/h4-9H,3,10H2,1-2H3. The summed E-state index contributed by atoms with van der Waals surface area (Å²) in [6.45, 7) is 2.16. The van der Waals surface area contributed by atoms with E-state index in [1.54, 1.807) is 24.5 Å². The molecule has 0 spiro atoms. The molecule has 0 saturated heterocycles. The second-order valence-electron chi connectivity index (χ2n) is 4.98. The highest BCUT2D eigenvalue weighted by molar-refractivity contribution is 9.10. The molecule has 0 aliphatic heterocycles. The van der Waals surface area contributed by atoms with E-state index in [0.717, 1.165) is 17.7 Å². The lowest BCUT2D eigenvalue weighted by molar-refractivity contribution is 0.435. The summed E-state index contributed by atoms with van der Waals surface area (Å²) in [5, 5.41) is 0. The first-order valence-electron chi connectivity index (χ1n) is 6.87. The van der Waals surface area contributed by atoms with Crippen LogP contribution in [0.3, 0.4) is 0 Å². The predicted octanol–water partition coefficient (Wildman–Crippen LogP) is 5.14. The predicted molar refractivity (Wildman–Crippen MR) is 91.3 cm³/mol. The van der Waals surface area contributed by atoms with Crippen LogP contribution in [0.5, 0.6) is 11.5 Å². The largest absolute Gasteiger partial charge is 0.453 e. The first kappa shape index (κ1) is 17.9. The van der Waals surface area contributed by atoms with Crippen LogP contribution in [0.25, 0.3) is 0 Å². The van der Waals surface area contributed by atoms with Gasteiger partial charge in [0.25, 0.3) is 0 Å². The maximum Gasteiger partial charge on any atom is 0.168 e. The smallest absolute Gasteiger partial charge is 0.168 e. The van der Waals surface area contributed by atoms with Crippen LogP contribution in [0, 0.1) is 11.6 Å². The lowest BCUT2D eigenvalue weighted by Crippen LogP contribution is -2.00. The van der Waals surface area contributed by atoms with Gasteiger partial charge in [0.1, 0.15) is 11.6 Å². The fourth-order valence-electron chi connectivity index (χ4n) is 1.70. The van der Waals surface area contributed by atoms with Crippen molar-refractivity contribution in [3.8, 4) is 11.5 Å².